The first kappa shape index (κ1) is 14.0. The lowest BCUT2D eigenvalue weighted by Gasteiger charge is -2.13. The first-order valence-corrected chi connectivity index (χ1v) is 9.00. The number of halogens is 1. The van der Waals surface area contributed by atoms with Gasteiger partial charge in [0, 0.05) is 12.2 Å². The topological polar surface area (TPSA) is 85.9 Å². The van der Waals surface area contributed by atoms with Gasteiger partial charge in [-0.2, -0.15) is 0 Å². The lowest BCUT2D eigenvalue weighted by molar-refractivity contribution is 0.599. The summed E-state index contributed by atoms with van der Waals surface area (Å²) in [5.41, 5.74) is 6.78. The number of sulfone groups is 1. The van der Waals surface area contributed by atoms with E-state index in [1.165, 1.54) is 19.1 Å². The van der Waals surface area contributed by atoms with E-state index in [9.17, 15) is 8.42 Å². The number of nitrogens with two attached hydrogens (primary N) is 1. The second-order valence-electron chi connectivity index (χ2n) is 4.78. The molecule has 0 amide bonds. The molecule has 0 spiro atoms. The predicted molar refractivity (Wildman–Crippen MR) is 78.9 cm³/mol. The van der Waals surface area contributed by atoms with Crippen LogP contribution in [0.4, 0.5) is 5.82 Å². The van der Waals surface area contributed by atoms with Crippen LogP contribution in [0.25, 0.3) is 0 Å². The Kier molecular flexibility index (Phi) is 4.10. The minimum Gasteiger partial charge on any atom is -0.383 e. The highest BCUT2D eigenvalue weighted by Gasteiger charge is 2.23. The molecule has 0 saturated heterocycles. The standard InChI is InChI=1S/C11H16IN3O2S/c1-18(16,17)6-8-14-10(7-4-2-3-5-7)9(12)11(13)15-8/h7H,2-6H2,1H3,(H2,13,14,15). The van der Waals surface area contributed by atoms with Crippen molar-refractivity contribution in [2.75, 3.05) is 12.0 Å². The largest absolute Gasteiger partial charge is 0.383 e. The zero-order chi connectivity index (χ0) is 13.3. The SMILES string of the molecule is CS(=O)(=O)Cc1nc(N)c(I)c(C2CCCC2)n1. The Morgan fingerprint density at radius 2 is 1.94 bits per heavy atom. The molecule has 1 aliphatic carbocycles. The van der Waals surface area contributed by atoms with Crippen LogP contribution in [-0.2, 0) is 15.6 Å². The van der Waals surface area contributed by atoms with E-state index < -0.39 is 9.84 Å². The molecule has 0 bridgehead atoms. The Labute approximate surface area is 121 Å². The van der Waals surface area contributed by atoms with Crippen molar-refractivity contribution in [3.05, 3.63) is 15.1 Å². The predicted octanol–water partition coefficient (Wildman–Crippen LogP) is 1.87. The van der Waals surface area contributed by atoms with E-state index in [-0.39, 0.29) is 5.75 Å². The summed E-state index contributed by atoms with van der Waals surface area (Å²) in [6.45, 7) is 0. The van der Waals surface area contributed by atoms with Gasteiger partial charge < -0.3 is 5.73 Å². The Hall–Kier alpha value is -0.440. The van der Waals surface area contributed by atoms with Crippen molar-refractivity contribution in [3.63, 3.8) is 0 Å². The summed E-state index contributed by atoms with van der Waals surface area (Å²) >= 11 is 2.15. The molecule has 1 saturated carbocycles. The molecular formula is C11H16IN3O2S. The summed E-state index contributed by atoms with van der Waals surface area (Å²) in [7, 11) is -3.13. The third kappa shape index (κ3) is 3.31. The zero-order valence-electron chi connectivity index (χ0n) is 10.2. The summed E-state index contributed by atoms with van der Waals surface area (Å²) in [5.74, 6) is 0.970. The fourth-order valence-electron chi connectivity index (χ4n) is 2.30. The van der Waals surface area contributed by atoms with Gasteiger partial charge in [0.15, 0.2) is 9.84 Å². The number of nitrogens with zero attached hydrogens (tertiary/aromatic N) is 2. The van der Waals surface area contributed by atoms with E-state index in [1.807, 2.05) is 0 Å². The zero-order valence-corrected chi connectivity index (χ0v) is 13.2. The Bertz CT molecular complexity index is 554. The molecule has 0 radical (unpaired) electrons. The molecule has 1 aromatic heterocycles. The second kappa shape index (κ2) is 5.28. The van der Waals surface area contributed by atoms with Crippen molar-refractivity contribution >= 4 is 38.2 Å². The van der Waals surface area contributed by atoms with Crippen molar-refractivity contribution in [1.82, 2.24) is 9.97 Å². The number of hydrogen-bond acceptors (Lipinski definition) is 5. The van der Waals surface area contributed by atoms with E-state index >= 15 is 0 Å². The lowest BCUT2D eigenvalue weighted by Crippen LogP contribution is -2.12. The molecule has 0 aromatic carbocycles. The van der Waals surface area contributed by atoms with Gasteiger partial charge in [-0.25, -0.2) is 18.4 Å². The number of rotatable bonds is 3. The molecule has 5 nitrogen and oxygen atoms in total. The maximum atomic E-state index is 11.3. The molecule has 1 fully saturated rings. The maximum absolute atomic E-state index is 11.3. The Morgan fingerprint density at radius 3 is 2.50 bits per heavy atom. The first-order valence-electron chi connectivity index (χ1n) is 5.86. The van der Waals surface area contributed by atoms with Gasteiger partial charge in [0.2, 0.25) is 0 Å². The van der Waals surface area contributed by atoms with Gasteiger partial charge in [0.05, 0.1) is 9.26 Å². The van der Waals surface area contributed by atoms with Gasteiger partial charge in [0.25, 0.3) is 0 Å². The lowest BCUT2D eigenvalue weighted by atomic mass is 10.0. The number of nitrogen functional groups attached to an aromatic ring is 1. The van der Waals surface area contributed by atoms with Crippen molar-refractivity contribution in [3.8, 4) is 0 Å². The van der Waals surface area contributed by atoms with Crippen LogP contribution >= 0.6 is 22.6 Å². The van der Waals surface area contributed by atoms with Gasteiger partial charge in [-0.05, 0) is 35.4 Å². The van der Waals surface area contributed by atoms with E-state index in [1.54, 1.807) is 0 Å². The average molecular weight is 381 g/mol. The average Bonchev–Trinajstić information content (AvgIpc) is 2.74. The minimum atomic E-state index is -3.13. The van der Waals surface area contributed by atoms with Crippen LogP contribution in [-0.4, -0.2) is 24.6 Å². The molecule has 0 atom stereocenters. The fraction of sp³-hybridized carbons (Fsp3) is 0.636. The van der Waals surface area contributed by atoms with Crippen molar-refractivity contribution < 1.29 is 8.42 Å². The number of aromatic nitrogens is 2. The molecule has 18 heavy (non-hydrogen) atoms. The van der Waals surface area contributed by atoms with Crippen LogP contribution in [0, 0.1) is 3.57 Å². The van der Waals surface area contributed by atoms with Crippen molar-refractivity contribution in [2.24, 2.45) is 0 Å². The van der Waals surface area contributed by atoms with E-state index in [0.29, 0.717) is 17.6 Å². The Balaban J connectivity index is 2.39. The highest BCUT2D eigenvalue weighted by Crippen LogP contribution is 2.36. The highest BCUT2D eigenvalue weighted by atomic mass is 127. The summed E-state index contributed by atoms with van der Waals surface area (Å²) in [6.07, 6.45) is 5.79. The molecule has 0 aliphatic heterocycles. The van der Waals surface area contributed by atoms with Crippen LogP contribution in [0.5, 0.6) is 0 Å². The normalized spacial score (nSPS) is 17.2. The van der Waals surface area contributed by atoms with Gasteiger partial charge in [-0.3, -0.25) is 0 Å². The van der Waals surface area contributed by atoms with Crippen LogP contribution in [0.2, 0.25) is 0 Å². The van der Waals surface area contributed by atoms with Crippen LogP contribution in [0.15, 0.2) is 0 Å². The highest BCUT2D eigenvalue weighted by molar-refractivity contribution is 14.1. The van der Waals surface area contributed by atoms with Crippen molar-refractivity contribution in [1.29, 1.82) is 0 Å². The molecule has 1 heterocycles. The second-order valence-corrected chi connectivity index (χ2v) is 7.99. The summed E-state index contributed by atoms with van der Waals surface area (Å²) in [6, 6.07) is 0. The molecular weight excluding hydrogens is 365 g/mol. The van der Waals surface area contributed by atoms with Gasteiger partial charge in [-0.15, -0.1) is 0 Å². The van der Waals surface area contributed by atoms with Crippen LogP contribution in [0.3, 0.4) is 0 Å². The molecule has 2 rings (SSSR count). The summed E-state index contributed by atoms with van der Waals surface area (Å²) < 4.78 is 23.5. The quantitative estimate of drug-likeness (QED) is 0.808. The number of anilines is 1. The minimum absolute atomic E-state index is 0.145. The van der Waals surface area contributed by atoms with E-state index in [0.717, 1.165) is 22.1 Å². The van der Waals surface area contributed by atoms with E-state index in [4.69, 9.17) is 5.73 Å². The number of hydrogen-bond donors (Lipinski definition) is 1. The van der Waals surface area contributed by atoms with Crippen LogP contribution in [0.1, 0.15) is 43.1 Å². The maximum Gasteiger partial charge on any atom is 0.154 e. The third-order valence-electron chi connectivity index (χ3n) is 3.08. The molecule has 100 valence electrons. The summed E-state index contributed by atoms with van der Waals surface area (Å²) in [5, 5.41) is 0. The molecule has 2 N–H and O–H groups in total. The van der Waals surface area contributed by atoms with Gasteiger partial charge in [0.1, 0.15) is 17.4 Å². The van der Waals surface area contributed by atoms with Crippen molar-refractivity contribution in [2.45, 2.75) is 37.4 Å². The molecule has 1 aliphatic rings. The Morgan fingerprint density at radius 1 is 1.33 bits per heavy atom. The first-order chi connectivity index (χ1) is 8.37. The monoisotopic (exact) mass is 381 g/mol. The molecule has 1 aromatic rings. The molecule has 0 unspecified atom stereocenters. The third-order valence-corrected chi connectivity index (χ3v) is 4.97. The smallest absolute Gasteiger partial charge is 0.154 e. The molecule has 7 heteroatoms. The van der Waals surface area contributed by atoms with Gasteiger partial charge in [-0.1, -0.05) is 12.8 Å². The van der Waals surface area contributed by atoms with Gasteiger partial charge >= 0.3 is 0 Å². The fourth-order valence-corrected chi connectivity index (χ4v) is 3.58. The van der Waals surface area contributed by atoms with Crippen LogP contribution < -0.4 is 5.73 Å². The summed E-state index contributed by atoms with van der Waals surface area (Å²) in [4.78, 5) is 8.49. The van der Waals surface area contributed by atoms with E-state index in [2.05, 4.69) is 32.6 Å².